The summed E-state index contributed by atoms with van der Waals surface area (Å²) in [7, 11) is 0. The molecular weight excluding hydrogens is 350 g/mol. The Kier molecular flexibility index (Phi) is 4.67. The molecule has 4 rings (SSSR count). The van der Waals surface area contributed by atoms with Crippen LogP contribution in [0.25, 0.3) is 0 Å². The summed E-state index contributed by atoms with van der Waals surface area (Å²) in [5, 5.41) is 8.34. The number of rotatable bonds is 4. The van der Waals surface area contributed by atoms with Crippen LogP contribution < -0.4 is 5.32 Å². The predicted molar refractivity (Wildman–Crippen MR) is 98.0 cm³/mol. The largest absolute Gasteiger partial charge is 0.344 e. The summed E-state index contributed by atoms with van der Waals surface area (Å²) in [6, 6.07) is 7.74. The summed E-state index contributed by atoms with van der Waals surface area (Å²) >= 11 is 5.95. The lowest BCUT2D eigenvalue weighted by atomic mass is 9.92. The molecule has 1 amide bonds. The van der Waals surface area contributed by atoms with Crippen molar-refractivity contribution in [2.75, 3.05) is 0 Å². The topological polar surface area (TPSA) is 72.7 Å². The van der Waals surface area contributed by atoms with Crippen molar-refractivity contribution < 1.29 is 4.79 Å². The molecule has 132 valence electrons. The van der Waals surface area contributed by atoms with E-state index in [-0.39, 0.29) is 11.9 Å². The Balaban J connectivity index is 1.53. The van der Waals surface area contributed by atoms with E-state index < -0.39 is 0 Å². The Morgan fingerprint density at radius 1 is 1.23 bits per heavy atom. The summed E-state index contributed by atoms with van der Waals surface area (Å²) in [5.41, 5.74) is 3.73. The zero-order valence-corrected chi connectivity index (χ0v) is 14.9. The third-order valence-electron chi connectivity index (χ3n) is 4.61. The first-order valence-corrected chi connectivity index (χ1v) is 8.94. The van der Waals surface area contributed by atoms with Gasteiger partial charge in [-0.2, -0.15) is 5.10 Å². The monoisotopic (exact) mass is 367 g/mol. The van der Waals surface area contributed by atoms with Gasteiger partial charge in [0.1, 0.15) is 5.69 Å². The molecule has 2 heterocycles. The fourth-order valence-electron chi connectivity index (χ4n) is 3.32. The van der Waals surface area contributed by atoms with Crippen LogP contribution in [0.3, 0.4) is 0 Å². The second-order valence-electron chi connectivity index (χ2n) is 6.34. The molecule has 0 bridgehead atoms. The Morgan fingerprint density at radius 3 is 2.85 bits per heavy atom. The van der Waals surface area contributed by atoms with Gasteiger partial charge in [0.2, 0.25) is 0 Å². The van der Waals surface area contributed by atoms with Crippen LogP contribution in [0, 0.1) is 0 Å². The van der Waals surface area contributed by atoms with Crippen molar-refractivity contribution in [3.63, 3.8) is 0 Å². The first kappa shape index (κ1) is 16.7. The molecule has 0 unspecified atom stereocenters. The first-order valence-electron chi connectivity index (χ1n) is 8.56. The summed E-state index contributed by atoms with van der Waals surface area (Å²) < 4.78 is 2.01. The van der Waals surface area contributed by atoms with Crippen molar-refractivity contribution in [3.8, 4) is 0 Å². The van der Waals surface area contributed by atoms with E-state index in [4.69, 9.17) is 11.6 Å². The highest BCUT2D eigenvalue weighted by atomic mass is 35.5. The summed E-state index contributed by atoms with van der Waals surface area (Å²) in [4.78, 5) is 20.4. The number of hydrogen-bond acceptors (Lipinski definition) is 4. The molecule has 1 aliphatic carbocycles. The summed E-state index contributed by atoms with van der Waals surface area (Å²) in [6.45, 7) is 0.692. The zero-order valence-electron chi connectivity index (χ0n) is 14.1. The van der Waals surface area contributed by atoms with E-state index in [0.29, 0.717) is 12.2 Å². The fourth-order valence-corrected chi connectivity index (χ4v) is 3.44. The number of amides is 1. The van der Waals surface area contributed by atoms with E-state index in [0.717, 1.165) is 35.4 Å². The van der Waals surface area contributed by atoms with Gasteiger partial charge < -0.3 is 5.32 Å². The highest BCUT2D eigenvalue weighted by Crippen LogP contribution is 2.30. The molecular formula is C19H18ClN5O. The van der Waals surface area contributed by atoms with Gasteiger partial charge in [-0.15, -0.1) is 0 Å². The Labute approximate surface area is 156 Å². The van der Waals surface area contributed by atoms with E-state index in [1.54, 1.807) is 6.20 Å². The Hall–Kier alpha value is -2.73. The van der Waals surface area contributed by atoms with Gasteiger partial charge in [0, 0.05) is 28.7 Å². The second kappa shape index (κ2) is 7.25. The SMILES string of the molecule is O=C(N[C@@H]1CCCc2c1cnn2Cc1ccc(Cl)cc1)c1cnccn1. The van der Waals surface area contributed by atoms with Crippen LogP contribution in [-0.2, 0) is 13.0 Å². The van der Waals surface area contributed by atoms with Gasteiger partial charge in [0.05, 0.1) is 25.0 Å². The second-order valence-corrected chi connectivity index (χ2v) is 6.78. The van der Waals surface area contributed by atoms with Gasteiger partial charge in [-0.1, -0.05) is 23.7 Å². The lowest BCUT2D eigenvalue weighted by Gasteiger charge is -2.24. The third kappa shape index (κ3) is 3.46. The number of fused-ring (bicyclic) bond motifs is 1. The van der Waals surface area contributed by atoms with Crippen LogP contribution in [0.1, 0.15) is 46.2 Å². The number of nitrogens with zero attached hydrogens (tertiary/aromatic N) is 4. The standard InChI is InChI=1S/C19H18ClN5O/c20-14-6-4-13(5-7-14)12-25-18-3-1-2-16(15(18)10-23-25)24-19(26)17-11-21-8-9-22-17/h4-11,16H,1-3,12H2,(H,24,26)/t16-/m1/s1. The molecule has 1 aromatic carbocycles. The van der Waals surface area contributed by atoms with Crippen molar-refractivity contribution in [2.45, 2.75) is 31.8 Å². The van der Waals surface area contributed by atoms with Crippen molar-refractivity contribution in [2.24, 2.45) is 0 Å². The van der Waals surface area contributed by atoms with Gasteiger partial charge in [0.15, 0.2) is 0 Å². The number of benzene rings is 1. The van der Waals surface area contributed by atoms with Crippen molar-refractivity contribution in [1.29, 1.82) is 0 Å². The lowest BCUT2D eigenvalue weighted by Crippen LogP contribution is -2.31. The molecule has 0 aliphatic heterocycles. The number of halogens is 1. The average molecular weight is 368 g/mol. The molecule has 0 saturated heterocycles. The van der Waals surface area contributed by atoms with E-state index in [1.807, 2.05) is 35.1 Å². The van der Waals surface area contributed by atoms with Crippen molar-refractivity contribution in [1.82, 2.24) is 25.1 Å². The maximum Gasteiger partial charge on any atom is 0.271 e. The van der Waals surface area contributed by atoms with Crippen LogP contribution >= 0.6 is 11.6 Å². The Morgan fingerprint density at radius 2 is 2.08 bits per heavy atom. The molecule has 2 aromatic heterocycles. The number of nitrogens with one attached hydrogen (secondary N) is 1. The van der Waals surface area contributed by atoms with Gasteiger partial charge in [0.25, 0.3) is 5.91 Å². The predicted octanol–water partition coefficient (Wildman–Crippen LogP) is 3.18. The summed E-state index contributed by atoms with van der Waals surface area (Å²) in [6.07, 6.45) is 9.27. The Bertz CT molecular complexity index is 907. The smallest absolute Gasteiger partial charge is 0.271 e. The number of hydrogen-bond donors (Lipinski definition) is 1. The van der Waals surface area contributed by atoms with Gasteiger partial charge in [-0.3, -0.25) is 14.5 Å². The van der Waals surface area contributed by atoms with Gasteiger partial charge in [-0.25, -0.2) is 4.98 Å². The van der Waals surface area contributed by atoms with Crippen LogP contribution in [-0.4, -0.2) is 25.7 Å². The molecule has 26 heavy (non-hydrogen) atoms. The van der Waals surface area contributed by atoms with Gasteiger partial charge in [-0.05, 0) is 37.0 Å². The highest BCUT2D eigenvalue weighted by molar-refractivity contribution is 6.30. The number of aromatic nitrogens is 4. The molecule has 6 nitrogen and oxygen atoms in total. The molecule has 0 saturated carbocycles. The maximum atomic E-state index is 12.4. The molecule has 0 spiro atoms. The highest BCUT2D eigenvalue weighted by Gasteiger charge is 2.26. The zero-order chi connectivity index (χ0) is 17.9. The minimum absolute atomic E-state index is 0.0489. The molecule has 3 aromatic rings. The number of carbonyl (C=O) groups is 1. The van der Waals surface area contributed by atoms with E-state index in [1.165, 1.54) is 18.1 Å². The first-order chi connectivity index (χ1) is 12.7. The van der Waals surface area contributed by atoms with E-state index >= 15 is 0 Å². The molecule has 0 radical (unpaired) electrons. The van der Waals surface area contributed by atoms with Crippen molar-refractivity contribution in [3.05, 3.63) is 76.6 Å². The summed E-state index contributed by atoms with van der Waals surface area (Å²) in [5.74, 6) is -0.207. The lowest BCUT2D eigenvalue weighted by molar-refractivity contribution is 0.0927. The van der Waals surface area contributed by atoms with Crippen LogP contribution in [0.15, 0.2) is 49.1 Å². The molecule has 0 fully saturated rings. The van der Waals surface area contributed by atoms with Crippen LogP contribution in [0.5, 0.6) is 0 Å². The number of carbonyl (C=O) groups excluding carboxylic acids is 1. The maximum absolute atomic E-state index is 12.4. The minimum Gasteiger partial charge on any atom is -0.344 e. The molecule has 1 N–H and O–H groups in total. The normalized spacial score (nSPS) is 16.1. The van der Waals surface area contributed by atoms with E-state index in [9.17, 15) is 4.79 Å². The molecule has 1 atom stereocenters. The minimum atomic E-state index is -0.207. The molecule has 1 aliphatic rings. The van der Waals surface area contributed by atoms with Crippen LogP contribution in [0.2, 0.25) is 5.02 Å². The third-order valence-corrected chi connectivity index (χ3v) is 4.86. The van der Waals surface area contributed by atoms with Gasteiger partial charge >= 0.3 is 0 Å². The van der Waals surface area contributed by atoms with Crippen molar-refractivity contribution >= 4 is 17.5 Å². The molecule has 7 heteroatoms. The average Bonchev–Trinajstić information content (AvgIpc) is 3.08. The van der Waals surface area contributed by atoms with Crippen LogP contribution in [0.4, 0.5) is 0 Å². The quantitative estimate of drug-likeness (QED) is 0.768. The van der Waals surface area contributed by atoms with E-state index in [2.05, 4.69) is 20.4 Å². The fraction of sp³-hybridized carbons (Fsp3) is 0.263.